The minimum atomic E-state index is 0.193. The molecule has 0 radical (unpaired) electrons. The molecule has 0 atom stereocenters. The number of thiophene rings is 1. The highest BCUT2D eigenvalue weighted by atomic mass is 35.5. The van der Waals surface area contributed by atoms with Crippen molar-refractivity contribution in [3.8, 4) is 0 Å². The van der Waals surface area contributed by atoms with Gasteiger partial charge in [-0.15, -0.1) is 11.3 Å². The van der Waals surface area contributed by atoms with Gasteiger partial charge in [0.25, 0.3) is 0 Å². The third-order valence-electron chi connectivity index (χ3n) is 2.50. The van der Waals surface area contributed by atoms with E-state index in [1.54, 1.807) is 17.7 Å². The Kier molecular flexibility index (Phi) is 2.89. The van der Waals surface area contributed by atoms with Crippen LogP contribution in [-0.2, 0) is 6.54 Å². The highest BCUT2D eigenvalue weighted by Gasteiger charge is 2.08. The van der Waals surface area contributed by atoms with Crippen LogP contribution in [-0.4, -0.2) is 19.9 Å². The molecule has 0 aromatic carbocycles. The van der Waals surface area contributed by atoms with Crippen molar-refractivity contribution in [2.75, 3.05) is 5.32 Å². The molecule has 0 saturated carbocycles. The maximum Gasteiger partial charge on any atom is 0.226 e. The number of H-pyrrole nitrogens is 1. The van der Waals surface area contributed by atoms with Crippen LogP contribution in [0.4, 0.5) is 5.82 Å². The lowest BCUT2D eigenvalue weighted by molar-refractivity contribution is 1.10. The quantitative estimate of drug-likeness (QED) is 0.723. The zero-order chi connectivity index (χ0) is 12.5. The van der Waals surface area contributed by atoms with Crippen molar-refractivity contribution >= 4 is 39.9 Å². The van der Waals surface area contributed by atoms with Crippen LogP contribution in [0.2, 0.25) is 5.28 Å². The Morgan fingerprint density at radius 3 is 3.11 bits per heavy atom. The largest absolute Gasteiger partial charge is 0.364 e. The lowest BCUT2D eigenvalue weighted by atomic mass is 10.3. The molecule has 0 saturated heterocycles. The van der Waals surface area contributed by atoms with Gasteiger partial charge >= 0.3 is 0 Å². The van der Waals surface area contributed by atoms with Crippen molar-refractivity contribution in [3.63, 3.8) is 0 Å². The van der Waals surface area contributed by atoms with Gasteiger partial charge < -0.3 is 10.3 Å². The van der Waals surface area contributed by atoms with Crippen LogP contribution in [0.15, 0.2) is 17.8 Å². The third-order valence-corrected chi connectivity index (χ3v) is 3.58. The maximum atomic E-state index is 5.85. The summed E-state index contributed by atoms with van der Waals surface area (Å²) in [6.07, 6.45) is 1.58. The first-order chi connectivity index (χ1) is 8.72. The van der Waals surface area contributed by atoms with Crippen molar-refractivity contribution in [3.05, 3.63) is 33.5 Å². The molecule has 0 fully saturated rings. The lowest BCUT2D eigenvalue weighted by Gasteiger charge is -2.05. The van der Waals surface area contributed by atoms with E-state index in [-0.39, 0.29) is 5.28 Å². The molecule has 0 aliphatic heterocycles. The zero-order valence-electron chi connectivity index (χ0n) is 9.57. The average Bonchev–Trinajstić information content (AvgIpc) is 2.94. The maximum absolute atomic E-state index is 5.85. The normalized spacial score (nSPS) is 11.0. The molecule has 0 aliphatic rings. The number of aromatic amines is 1. The van der Waals surface area contributed by atoms with E-state index in [1.807, 2.05) is 0 Å². The molecule has 2 N–H and O–H groups in total. The molecule has 3 aromatic rings. The van der Waals surface area contributed by atoms with E-state index < -0.39 is 0 Å². The summed E-state index contributed by atoms with van der Waals surface area (Å²) in [5, 5.41) is 5.56. The van der Waals surface area contributed by atoms with Gasteiger partial charge in [0, 0.05) is 11.4 Å². The lowest BCUT2D eigenvalue weighted by Crippen LogP contribution is -2.02. The van der Waals surface area contributed by atoms with Gasteiger partial charge in [-0.3, -0.25) is 0 Å². The Hall–Kier alpha value is -1.66. The summed E-state index contributed by atoms with van der Waals surface area (Å²) in [5.41, 5.74) is 2.56. The molecule has 3 aromatic heterocycles. The number of rotatable bonds is 3. The summed E-state index contributed by atoms with van der Waals surface area (Å²) in [4.78, 5) is 16.6. The van der Waals surface area contributed by atoms with Gasteiger partial charge in [-0.1, -0.05) is 0 Å². The Morgan fingerprint density at radius 1 is 1.44 bits per heavy atom. The van der Waals surface area contributed by atoms with E-state index in [4.69, 9.17) is 11.6 Å². The van der Waals surface area contributed by atoms with E-state index in [9.17, 15) is 0 Å². The second-order valence-corrected chi connectivity index (χ2v) is 5.31. The van der Waals surface area contributed by atoms with E-state index in [0.29, 0.717) is 18.0 Å². The van der Waals surface area contributed by atoms with Crippen LogP contribution in [0, 0.1) is 6.92 Å². The first-order valence-corrected chi connectivity index (χ1v) is 6.62. The molecule has 0 aliphatic carbocycles. The smallest absolute Gasteiger partial charge is 0.226 e. The number of halogens is 1. The van der Waals surface area contributed by atoms with Crippen molar-refractivity contribution in [2.24, 2.45) is 0 Å². The van der Waals surface area contributed by atoms with Gasteiger partial charge in [0.05, 0.1) is 6.33 Å². The van der Waals surface area contributed by atoms with Gasteiger partial charge in [0.15, 0.2) is 11.5 Å². The SMILES string of the molecule is Cc1cc(CNc2nc(Cl)nc3nc[nH]c23)cs1. The number of nitrogens with one attached hydrogen (secondary N) is 2. The number of aromatic nitrogens is 4. The highest BCUT2D eigenvalue weighted by Crippen LogP contribution is 2.20. The topological polar surface area (TPSA) is 66.5 Å². The fraction of sp³-hybridized carbons (Fsp3) is 0.182. The van der Waals surface area contributed by atoms with Gasteiger partial charge in [-0.25, -0.2) is 4.98 Å². The van der Waals surface area contributed by atoms with E-state index in [1.165, 1.54) is 10.4 Å². The number of anilines is 1. The van der Waals surface area contributed by atoms with Crippen molar-refractivity contribution in [1.82, 2.24) is 19.9 Å². The number of aryl methyl sites for hydroxylation is 1. The van der Waals surface area contributed by atoms with E-state index in [0.717, 1.165) is 5.52 Å². The van der Waals surface area contributed by atoms with Gasteiger partial charge in [0.1, 0.15) is 5.52 Å². The second kappa shape index (κ2) is 4.55. The second-order valence-electron chi connectivity index (χ2n) is 3.86. The summed E-state index contributed by atoms with van der Waals surface area (Å²) < 4.78 is 0. The predicted molar refractivity (Wildman–Crippen MR) is 73.1 cm³/mol. The number of hydrogen-bond acceptors (Lipinski definition) is 5. The highest BCUT2D eigenvalue weighted by molar-refractivity contribution is 7.10. The van der Waals surface area contributed by atoms with Crippen LogP contribution in [0.5, 0.6) is 0 Å². The molecule has 18 heavy (non-hydrogen) atoms. The standard InChI is InChI=1S/C11H10ClN5S/c1-6-2-7(4-18-6)3-13-9-8-10(15-5-14-8)17-11(12)16-9/h2,4-5H,3H2,1H3,(H2,13,14,15,16,17). The third kappa shape index (κ3) is 2.16. The Morgan fingerprint density at radius 2 is 2.33 bits per heavy atom. The van der Waals surface area contributed by atoms with Crippen LogP contribution < -0.4 is 5.32 Å². The van der Waals surface area contributed by atoms with Gasteiger partial charge in [-0.05, 0) is 35.5 Å². The van der Waals surface area contributed by atoms with Crippen LogP contribution >= 0.6 is 22.9 Å². The molecule has 92 valence electrons. The Balaban J connectivity index is 1.87. The van der Waals surface area contributed by atoms with Crippen LogP contribution in [0.3, 0.4) is 0 Å². The summed E-state index contributed by atoms with van der Waals surface area (Å²) >= 11 is 7.58. The predicted octanol–water partition coefficient (Wildman–Crippen LogP) is 2.99. The minimum Gasteiger partial charge on any atom is -0.364 e. The first kappa shape index (κ1) is 11.4. The molecule has 0 spiro atoms. The molecule has 0 amide bonds. The summed E-state index contributed by atoms with van der Waals surface area (Å²) in [6.45, 7) is 2.79. The first-order valence-electron chi connectivity index (χ1n) is 5.37. The summed E-state index contributed by atoms with van der Waals surface area (Å²) in [7, 11) is 0. The Bertz CT molecular complexity index is 690. The molecule has 5 nitrogen and oxygen atoms in total. The Labute approximate surface area is 112 Å². The van der Waals surface area contributed by atoms with E-state index >= 15 is 0 Å². The molecule has 3 rings (SSSR count). The summed E-state index contributed by atoms with van der Waals surface area (Å²) in [5.74, 6) is 0.673. The van der Waals surface area contributed by atoms with Crippen molar-refractivity contribution < 1.29 is 0 Å². The summed E-state index contributed by atoms with van der Waals surface area (Å²) in [6, 6.07) is 2.14. The fourth-order valence-electron chi connectivity index (χ4n) is 1.71. The average molecular weight is 280 g/mol. The van der Waals surface area contributed by atoms with E-state index in [2.05, 4.69) is 43.6 Å². The molecule has 0 bridgehead atoms. The molecular formula is C11H10ClN5S. The van der Waals surface area contributed by atoms with Crippen molar-refractivity contribution in [1.29, 1.82) is 0 Å². The molecule has 7 heteroatoms. The van der Waals surface area contributed by atoms with Gasteiger partial charge in [-0.2, -0.15) is 9.97 Å². The number of hydrogen-bond donors (Lipinski definition) is 2. The molecular weight excluding hydrogens is 270 g/mol. The van der Waals surface area contributed by atoms with Crippen molar-refractivity contribution in [2.45, 2.75) is 13.5 Å². The van der Waals surface area contributed by atoms with Crippen LogP contribution in [0.25, 0.3) is 11.2 Å². The number of nitrogens with zero attached hydrogens (tertiary/aromatic N) is 3. The molecule has 0 unspecified atom stereocenters. The molecule has 3 heterocycles. The number of fused-ring (bicyclic) bond motifs is 1. The fourth-order valence-corrected chi connectivity index (χ4v) is 2.58. The van der Waals surface area contributed by atoms with Crippen LogP contribution in [0.1, 0.15) is 10.4 Å². The van der Waals surface area contributed by atoms with Gasteiger partial charge in [0.2, 0.25) is 5.28 Å². The zero-order valence-corrected chi connectivity index (χ0v) is 11.1. The monoisotopic (exact) mass is 279 g/mol. The number of imidazole rings is 1. The minimum absolute atomic E-state index is 0.193.